The number of aromatic amines is 1. The van der Waals surface area contributed by atoms with Crippen molar-refractivity contribution >= 4 is 33.6 Å². The topological polar surface area (TPSA) is 57.8 Å². The van der Waals surface area contributed by atoms with E-state index in [-0.39, 0.29) is 11.7 Å². The van der Waals surface area contributed by atoms with E-state index in [1.165, 1.54) is 18.2 Å². The minimum Gasteiger partial charge on any atom is -0.345 e. The molecule has 24 heavy (non-hydrogen) atoms. The van der Waals surface area contributed by atoms with Crippen LogP contribution in [0.1, 0.15) is 5.56 Å². The number of hydrogen-bond acceptors (Lipinski definition) is 2. The third kappa shape index (κ3) is 3.97. The number of nitrogens with zero attached hydrogens (tertiary/aromatic N) is 1. The van der Waals surface area contributed by atoms with Crippen LogP contribution in [0.25, 0.3) is 17.5 Å². The lowest BCUT2D eigenvalue weighted by atomic mass is 10.2. The third-order valence-electron chi connectivity index (χ3n) is 3.30. The summed E-state index contributed by atoms with van der Waals surface area (Å²) in [5, 5.41) is 2.73. The first kappa shape index (κ1) is 16.1. The molecule has 2 N–H and O–H groups in total. The zero-order valence-electron chi connectivity index (χ0n) is 12.5. The first-order valence-electron chi connectivity index (χ1n) is 7.16. The second-order valence-corrected chi connectivity index (χ2v) is 5.92. The number of imidazole rings is 1. The molecule has 2 aromatic carbocycles. The summed E-state index contributed by atoms with van der Waals surface area (Å²) in [6.45, 7) is 0. The van der Waals surface area contributed by atoms with Crippen molar-refractivity contribution in [3.8, 4) is 11.4 Å². The molecule has 0 unspecified atom stereocenters. The fourth-order valence-corrected chi connectivity index (χ4v) is 2.51. The molecule has 0 fully saturated rings. The Morgan fingerprint density at radius 2 is 2.00 bits per heavy atom. The van der Waals surface area contributed by atoms with Crippen molar-refractivity contribution in [2.45, 2.75) is 0 Å². The highest BCUT2D eigenvalue weighted by Gasteiger charge is 2.03. The molecule has 0 aliphatic carbocycles. The number of carbonyl (C=O) groups excluding carboxylic acids is 1. The van der Waals surface area contributed by atoms with Gasteiger partial charge in [-0.2, -0.15) is 0 Å². The normalized spacial score (nSPS) is 10.9. The van der Waals surface area contributed by atoms with E-state index in [0.717, 1.165) is 15.9 Å². The van der Waals surface area contributed by atoms with Gasteiger partial charge in [0, 0.05) is 39.8 Å². The molecule has 0 bridgehead atoms. The average molecular weight is 386 g/mol. The smallest absolute Gasteiger partial charge is 0.248 e. The lowest BCUT2D eigenvalue weighted by molar-refractivity contribution is -0.111. The molecule has 1 amide bonds. The number of hydrogen-bond donors (Lipinski definition) is 2. The minimum atomic E-state index is -0.384. The van der Waals surface area contributed by atoms with E-state index in [1.807, 2.05) is 12.1 Å². The number of rotatable bonds is 4. The molecule has 0 aliphatic rings. The first-order valence-corrected chi connectivity index (χ1v) is 7.95. The van der Waals surface area contributed by atoms with Crippen LogP contribution in [0.15, 0.2) is 65.4 Å². The van der Waals surface area contributed by atoms with Gasteiger partial charge >= 0.3 is 0 Å². The molecule has 1 heterocycles. The number of nitrogens with one attached hydrogen (secondary N) is 2. The van der Waals surface area contributed by atoms with Gasteiger partial charge in [-0.15, -0.1) is 0 Å². The molecule has 4 nitrogen and oxygen atoms in total. The van der Waals surface area contributed by atoms with E-state index < -0.39 is 0 Å². The van der Waals surface area contributed by atoms with E-state index in [2.05, 4.69) is 31.2 Å². The van der Waals surface area contributed by atoms with Crippen LogP contribution < -0.4 is 5.32 Å². The zero-order valence-corrected chi connectivity index (χ0v) is 14.0. The maximum Gasteiger partial charge on any atom is 0.248 e. The van der Waals surface area contributed by atoms with Crippen molar-refractivity contribution in [1.29, 1.82) is 0 Å². The summed E-state index contributed by atoms with van der Waals surface area (Å²) in [5.74, 6) is 0.0445. The molecule has 0 saturated heterocycles. The number of aromatic nitrogens is 2. The second kappa shape index (κ2) is 7.23. The van der Waals surface area contributed by atoms with Crippen LogP contribution in [0.2, 0.25) is 0 Å². The summed E-state index contributed by atoms with van der Waals surface area (Å²) in [7, 11) is 0. The molecule has 6 heteroatoms. The molecule has 0 aliphatic heterocycles. The maximum atomic E-state index is 13.6. The molecule has 0 radical (unpaired) electrons. The largest absolute Gasteiger partial charge is 0.345 e. The Morgan fingerprint density at radius 1 is 1.21 bits per heavy atom. The number of anilines is 1. The van der Waals surface area contributed by atoms with Crippen LogP contribution in [0, 0.1) is 5.82 Å². The Labute approximate surface area is 146 Å². The van der Waals surface area contributed by atoms with E-state index in [1.54, 1.807) is 36.7 Å². The highest BCUT2D eigenvalue weighted by Crippen LogP contribution is 2.18. The second-order valence-electron chi connectivity index (χ2n) is 5.00. The van der Waals surface area contributed by atoms with Gasteiger partial charge in [0.15, 0.2) is 0 Å². The van der Waals surface area contributed by atoms with Gasteiger partial charge in [0.25, 0.3) is 0 Å². The predicted octanol–water partition coefficient (Wildman–Crippen LogP) is 4.63. The van der Waals surface area contributed by atoms with Crippen LogP contribution in [-0.4, -0.2) is 15.9 Å². The van der Waals surface area contributed by atoms with Gasteiger partial charge in [-0.1, -0.05) is 15.9 Å². The fourth-order valence-electron chi connectivity index (χ4n) is 2.13. The number of benzene rings is 2. The highest BCUT2D eigenvalue weighted by molar-refractivity contribution is 9.10. The van der Waals surface area contributed by atoms with E-state index in [4.69, 9.17) is 0 Å². The van der Waals surface area contributed by atoms with Crippen LogP contribution in [0.3, 0.4) is 0 Å². The summed E-state index contributed by atoms with van der Waals surface area (Å²) in [6, 6.07) is 11.8. The van der Waals surface area contributed by atoms with Crippen molar-refractivity contribution in [2.75, 3.05) is 5.32 Å². The molecule has 120 valence electrons. The lowest BCUT2D eigenvalue weighted by Gasteiger charge is -2.03. The zero-order chi connectivity index (χ0) is 16.9. The van der Waals surface area contributed by atoms with Crippen molar-refractivity contribution in [1.82, 2.24) is 9.97 Å². The fraction of sp³-hybridized carbons (Fsp3) is 0. The van der Waals surface area contributed by atoms with Gasteiger partial charge in [0.05, 0.1) is 0 Å². The minimum absolute atomic E-state index is 0.333. The predicted molar refractivity (Wildman–Crippen MR) is 95.8 cm³/mol. The average Bonchev–Trinajstić information content (AvgIpc) is 3.11. The van der Waals surface area contributed by atoms with Crippen LogP contribution in [-0.2, 0) is 4.79 Å². The Kier molecular flexibility index (Phi) is 4.86. The molecular weight excluding hydrogens is 373 g/mol. The van der Waals surface area contributed by atoms with E-state index in [0.29, 0.717) is 11.3 Å². The van der Waals surface area contributed by atoms with Crippen molar-refractivity contribution < 1.29 is 9.18 Å². The SMILES string of the molecule is O=C(/C=C/c1cc(Br)ccc1F)Nc1ccc(-c2ncc[nH]2)cc1. The Hall–Kier alpha value is -2.73. The molecular formula is C18H13BrFN3O. The van der Waals surface area contributed by atoms with Gasteiger partial charge in [-0.25, -0.2) is 9.37 Å². The van der Waals surface area contributed by atoms with E-state index in [9.17, 15) is 9.18 Å². The molecule has 1 aromatic heterocycles. The van der Waals surface area contributed by atoms with Crippen molar-refractivity contribution in [3.63, 3.8) is 0 Å². The van der Waals surface area contributed by atoms with Gasteiger partial charge in [-0.3, -0.25) is 4.79 Å². The van der Waals surface area contributed by atoms with Crippen molar-refractivity contribution in [3.05, 3.63) is 76.8 Å². The van der Waals surface area contributed by atoms with E-state index >= 15 is 0 Å². The van der Waals surface area contributed by atoms with Gasteiger partial charge in [-0.05, 0) is 48.5 Å². The van der Waals surface area contributed by atoms with Gasteiger partial charge in [0.1, 0.15) is 11.6 Å². The van der Waals surface area contributed by atoms with Crippen LogP contribution in [0.5, 0.6) is 0 Å². The summed E-state index contributed by atoms with van der Waals surface area (Å²) in [5.41, 5.74) is 1.91. The lowest BCUT2D eigenvalue weighted by Crippen LogP contribution is -2.07. The molecule has 3 rings (SSSR count). The molecule has 3 aromatic rings. The number of amides is 1. The Morgan fingerprint density at radius 3 is 2.71 bits per heavy atom. The summed E-state index contributed by atoms with van der Waals surface area (Å²) >= 11 is 3.27. The maximum absolute atomic E-state index is 13.6. The van der Waals surface area contributed by atoms with Crippen molar-refractivity contribution in [2.24, 2.45) is 0 Å². The molecule has 0 spiro atoms. The summed E-state index contributed by atoms with van der Waals surface area (Å²) in [6.07, 6.45) is 6.16. The summed E-state index contributed by atoms with van der Waals surface area (Å²) < 4.78 is 14.4. The van der Waals surface area contributed by atoms with Crippen LogP contribution in [0.4, 0.5) is 10.1 Å². The quantitative estimate of drug-likeness (QED) is 0.643. The number of carbonyl (C=O) groups is 1. The summed E-state index contributed by atoms with van der Waals surface area (Å²) in [4.78, 5) is 19.1. The standard InChI is InChI=1S/C18H13BrFN3O/c19-14-4-7-16(20)13(11-14)3-8-17(24)23-15-5-1-12(2-6-15)18-21-9-10-22-18/h1-11H,(H,21,22)(H,23,24)/b8-3+. The van der Waals surface area contributed by atoms with Gasteiger partial charge in [0.2, 0.25) is 5.91 Å². The monoisotopic (exact) mass is 385 g/mol. The van der Waals surface area contributed by atoms with Gasteiger partial charge < -0.3 is 10.3 Å². The van der Waals surface area contributed by atoms with Crippen LogP contribution >= 0.6 is 15.9 Å². The highest BCUT2D eigenvalue weighted by atomic mass is 79.9. The number of H-pyrrole nitrogens is 1. The molecule has 0 saturated carbocycles. The Bertz CT molecular complexity index is 874. The first-order chi connectivity index (χ1) is 11.6. The molecule has 0 atom stereocenters. The number of halogens is 2. The third-order valence-corrected chi connectivity index (χ3v) is 3.79. The Balaban J connectivity index is 1.66.